The van der Waals surface area contributed by atoms with Crippen LogP contribution in [0.4, 0.5) is 24.5 Å². The lowest BCUT2D eigenvalue weighted by molar-refractivity contribution is -0.137. The number of benzene rings is 2. The third kappa shape index (κ3) is 6.40. The van der Waals surface area contributed by atoms with Crippen LogP contribution in [0.25, 0.3) is 0 Å². The summed E-state index contributed by atoms with van der Waals surface area (Å²) in [5.41, 5.74) is -2.98. The molecule has 0 fully saturated rings. The summed E-state index contributed by atoms with van der Waals surface area (Å²) >= 11 is 17.5. The van der Waals surface area contributed by atoms with E-state index < -0.39 is 58.9 Å². The molecule has 1 heterocycles. The Labute approximate surface area is 218 Å². The van der Waals surface area contributed by atoms with Gasteiger partial charge in [0.25, 0.3) is 10.0 Å². The SMILES string of the molecule is CS(=O)(=O)Nc1c(Cl)cccc1C(=O)c1ncc(Cl)cc1NS(=O)(=O)c1ccc(Cl)c(C(F)(F)F)c1. The first-order valence-electron chi connectivity index (χ1n) is 9.36. The number of alkyl halides is 3. The third-order valence-corrected chi connectivity index (χ3v) is 7.20. The molecule has 16 heteroatoms. The molecule has 0 radical (unpaired) electrons. The van der Waals surface area contributed by atoms with E-state index in [2.05, 4.69) is 9.71 Å². The molecule has 0 spiro atoms. The van der Waals surface area contributed by atoms with Crippen molar-refractivity contribution in [1.29, 1.82) is 0 Å². The zero-order valence-electron chi connectivity index (χ0n) is 17.7. The first-order valence-corrected chi connectivity index (χ1v) is 13.9. The van der Waals surface area contributed by atoms with Crippen LogP contribution < -0.4 is 9.44 Å². The first kappa shape index (κ1) is 28.0. The number of hydrogen-bond donors (Lipinski definition) is 2. The Morgan fingerprint density at radius 3 is 2.22 bits per heavy atom. The van der Waals surface area contributed by atoms with Crippen LogP contribution >= 0.6 is 34.8 Å². The van der Waals surface area contributed by atoms with Gasteiger partial charge in [-0.15, -0.1) is 0 Å². The number of ketones is 1. The van der Waals surface area contributed by atoms with Crippen molar-refractivity contribution in [3.8, 4) is 0 Å². The Kier molecular flexibility index (Phi) is 7.82. The molecule has 0 saturated carbocycles. The number of halogens is 6. The van der Waals surface area contributed by atoms with E-state index in [9.17, 15) is 34.8 Å². The van der Waals surface area contributed by atoms with E-state index in [1.54, 1.807) is 0 Å². The molecule has 8 nitrogen and oxygen atoms in total. The van der Waals surface area contributed by atoms with Gasteiger partial charge in [0.1, 0.15) is 5.69 Å². The molecular weight excluding hydrogens is 590 g/mol. The number of nitrogens with one attached hydrogen (secondary N) is 2. The molecule has 0 unspecified atom stereocenters. The van der Waals surface area contributed by atoms with E-state index in [-0.39, 0.29) is 21.3 Å². The van der Waals surface area contributed by atoms with E-state index in [0.717, 1.165) is 30.7 Å². The Bertz CT molecular complexity index is 1580. The minimum absolute atomic E-state index is 0.114. The topological polar surface area (TPSA) is 122 Å². The van der Waals surface area contributed by atoms with Crippen molar-refractivity contribution in [2.75, 3.05) is 15.7 Å². The van der Waals surface area contributed by atoms with E-state index >= 15 is 0 Å². The Hall–Kier alpha value is -2.58. The second-order valence-electron chi connectivity index (χ2n) is 7.16. The fourth-order valence-electron chi connectivity index (χ4n) is 2.92. The van der Waals surface area contributed by atoms with Gasteiger partial charge in [-0.3, -0.25) is 14.2 Å². The molecule has 192 valence electrons. The number of pyridine rings is 1. The van der Waals surface area contributed by atoms with Crippen LogP contribution in [0.2, 0.25) is 15.1 Å². The highest BCUT2D eigenvalue weighted by molar-refractivity contribution is 7.92. The van der Waals surface area contributed by atoms with Gasteiger partial charge < -0.3 is 0 Å². The van der Waals surface area contributed by atoms with E-state index in [1.807, 2.05) is 4.72 Å². The van der Waals surface area contributed by atoms with E-state index in [0.29, 0.717) is 6.07 Å². The molecule has 0 bridgehead atoms. The highest BCUT2D eigenvalue weighted by atomic mass is 35.5. The van der Waals surface area contributed by atoms with Crippen molar-refractivity contribution in [3.05, 3.63) is 80.6 Å². The summed E-state index contributed by atoms with van der Waals surface area (Å²) in [5, 5.41) is -0.964. The molecule has 0 aliphatic heterocycles. The van der Waals surface area contributed by atoms with Crippen LogP contribution in [0.15, 0.2) is 53.6 Å². The molecule has 0 amide bonds. The molecule has 0 aliphatic carbocycles. The Morgan fingerprint density at radius 1 is 0.944 bits per heavy atom. The van der Waals surface area contributed by atoms with Crippen LogP contribution in [0, 0.1) is 0 Å². The molecule has 3 aromatic rings. The van der Waals surface area contributed by atoms with E-state index in [4.69, 9.17) is 34.8 Å². The average Bonchev–Trinajstić information content (AvgIpc) is 2.73. The lowest BCUT2D eigenvalue weighted by Crippen LogP contribution is -2.19. The largest absolute Gasteiger partial charge is 0.417 e. The Balaban J connectivity index is 2.11. The standard InChI is InChI=1S/C20H13Cl3F3N3O5S2/c1-35(31,32)29-17-12(3-2-4-15(17)23)19(30)18-16(7-10(21)9-27-18)28-36(33,34)11-5-6-14(22)13(8-11)20(24,25)26/h2-9,28-29H,1H3. The summed E-state index contributed by atoms with van der Waals surface area (Å²) in [4.78, 5) is 16.3. The quantitative estimate of drug-likeness (QED) is 0.346. The molecule has 3 rings (SSSR count). The maximum absolute atomic E-state index is 13.3. The van der Waals surface area contributed by atoms with Crippen molar-refractivity contribution in [3.63, 3.8) is 0 Å². The molecule has 2 aromatic carbocycles. The lowest BCUT2D eigenvalue weighted by Gasteiger charge is -2.15. The monoisotopic (exact) mass is 601 g/mol. The maximum atomic E-state index is 13.3. The lowest BCUT2D eigenvalue weighted by atomic mass is 10.0. The smallest absolute Gasteiger partial charge is 0.287 e. The molecule has 36 heavy (non-hydrogen) atoms. The van der Waals surface area contributed by atoms with Crippen molar-refractivity contribution in [1.82, 2.24) is 4.98 Å². The zero-order valence-corrected chi connectivity index (χ0v) is 21.6. The van der Waals surface area contributed by atoms with E-state index in [1.165, 1.54) is 18.2 Å². The fourth-order valence-corrected chi connectivity index (χ4v) is 5.25. The van der Waals surface area contributed by atoms with Gasteiger partial charge in [-0.2, -0.15) is 13.2 Å². The van der Waals surface area contributed by atoms with Gasteiger partial charge >= 0.3 is 6.18 Å². The number of carbonyl (C=O) groups is 1. The summed E-state index contributed by atoms with van der Waals surface area (Å²) < 4.78 is 93.0. The highest BCUT2D eigenvalue weighted by Crippen LogP contribution is 2.37. The maximum Gasteiger partial charge on any atom is 0.417 e. The summed E-state index contributed by atoms with van der Waals surface area (Å²) in [5.74, 6) is -0.967. The number of sulfonamides is 2. The number of nitrogens with zero attached hydrogens (tertiary/aromatic N) is 1. The highest BCUT2D eigenvalue weighted by Gasteiger charge is 2.35. The third-order valence-electron chi connectivity index (χ3n) is 4.41. The molecule has 2 N–H and O–H groups in total. The van der Waals surface area contributed by atoms with Crippen molar-refractivity contribution < 1.29 is 34.8 Å². The molecule has 0 aliphatic rings. The number of carbonyl (C=O) groups excluding carboxylic acids is 1. The number of rotatable bonds is 7. The normalized spacial score (nSPS) is 12.3. The van der Waals surface area contributed by atoms with Gasteiger partial charge in [0.15, 0.2) is 0 Å². The summed E-state index contributed by atoms with van der Waals surface area (Å²) in [7, 11) is -8.59. The van der Waals surface area contributed by atoms with Gasteiger partial charge in [0, 0.05) is 11.8 Å². The molecular formula is C20H13Cl3F3N3O5S2. The number of para-hydroxylation sites is 1. The van der Waals surface area contributed by atoms with Crippen molar-refractivity contribution in [2.45, 2.75) is 11.1 Å². The Morgan fingerprint density at radius 2 is 1.61 bits per heavy atom. The van der Waals surface area contributed by atoms with Gasteiger partial charge in [-0.25, -0.2) is 21.8 Å². The fraction of sp³-hybridized carbons (Fsp3) is 0.100. The summed E-state index contributed by atoms with van der Waals surface area (Å²) in [6.07, 6.45) is -3.09. The first-order chi connectivity index (χ1) is 16.5. The number of aromatic nitrogens is 1. The van der Waals surface area contributed by atoms with Gasteiger partial charge in [0.05, 0.1) is 43.2 Å². The zero-order chi connectivity index (χ0) is 27.1. The van der Waals surface area contributed by atoms with Gasteiger partial charge in [0.2, 0.25) is 15.8 Å². The van der Waals surface area contributed by atoms with Gasteiger partial charge in [-0.1, -0.05) is 40.9 Å². The second-order valence-corrected chi connectivity index (χ2v) is 11.8. The summed E-state index contributed by atoms with van der Waals surface area (Å²) in [6.45, 7) is 0. The van der Waals surface area contributed by atoms with Crippen LogP contribution in [0.5, 0.6) is 0 Å². The second kappa shape index (κ2) is 10.1. The number of anilines is 2. The van der Waals surface area contributed by atoms with Crippen LogP contribution in [-0.4, -0.2) is 33.9 Å². The van der Waals surface area contributed by atoms with Crippen LogP contribution in [0.1, 0.15) is 21.6 Å². The molecule has 0 saturated heterocycles. The van der Waals surface area contributed by atoms with Gasteiger partial charge in [-0.05, 0) is 36.4 Å². The average molecular weight is 603 g/mol. The predicted octanol–water partition coefficient (Wildman–Crippen LogP) is 5.46. The molecule has 0 atom stereocenters. The number of hydrogen-bond acceptors (Lipinski definition) is 6. The van der Waals surface area contributed by atoms with Crippen LogP contribution in [0.3, 0.4) is 0 Å². The van der Waals surface area contributed by atoms with Crippen LogP contribution in [-0.2, 0) is 26.2 Å². The minimum Gasteiger partial charge on any atom is -0.287 e. The minimum atomic E-state index is -4.93. The molecule has 1 aromatic heterocycles. The predicted molar refractivity (Wildman–Crippen MR) is 130 cm³/mol. The summed E-state index contributed by atoms with van der Waals surface area (Å²) in [6, 6.07) is 6.80. The van der Waals surface area contributed by atoms with Crippen molar-refractivity contribution in [2.24, 2.45) is 0 Å². The van der Waals surface area contributed by atoms with Crippen molar-refractivity contribution >= 4 is 72.0 Å².